The highest BCUT2D eigenvalue weighted by Gasteiger charge is 2.20. The summed E-state index contributed by atoms with van der Waals surface area (Å²) in [6, 6.07) is 7.59. The number of nitrogens with zero attached hydrogens (tertiary/aromatic N) is 4. The van der Waals surface area contributed by atoms with Gasteiger partial charge in [0.2, 0.25) is 0 Å². The second kappa shape index (κ2) is 8.52. The molecule has 0 aliphatic carbocycles. The number of aryl methyl sites for hydroxylation is 1. The predicted molar refractivity (Wildman–Crippen MR) is 119 cm³/mol. The minimum absolute atomic E-state index is 0.278. The van der Waals surface area contributed by atoms with Crippen LogP contribution in [-0.2, 0) is 17.5 Å². The van der Waals surface area contributed by atoms with Gasteiger partial charge in [0.05, 0.1) is 25.4 Å². The standard InChI is InChI=1S/C20H19N5O4S2/c1-10-14-17(26)21-13(22-18(14)31-15(10)19(27)29-4)9-30-20-24-23-16(25(20)2)11-6-5-7-12(8-11)28-3/h5-8H,9H2,1-4H3,(H,21,22,26). The van der Waals surface area contributed by atoms with Crippen LogP contribution in [0.3, 0.4) is 0 Å². The monoisotopic (exact) mass is 457 g/mol. The molecule has 1 N–H and O–H groups in total. The average molecular weight is 458 g/mol. The Hall–Kier alpha value is -3.18. The molecule has 9 nitrogen and oxygen atoms in total. The second-order valence-corrected chi connectivity index (χ2v) is 8.57. The minimum Gasteiger partial charge on any atom is -0.497 e. The van der Waals surface area contributed by atoms with Gasteiger partial charge in [0.1, 0.15) is 21.3 Å². The summed E-state index contributed by atoms with van der Waals surface area (Å²) in [5, 5.41) is 9.63. The number of carbonyl (C=O) groups excluding carboxylic acids is 1. The molecule has 3 aromatic heterocycles. The van der Waals surface area contributed by atoms with Crippen molar-refractivity contribution in [2.45, 2.75) is 17.8 Å². The fourth-order valence-electron chi connectivity index (χ4n) is 3.13. The van der Waals surface area contributed by atoms with E-state index in [1.54, 1.807) is 14.0 Å². The van der Waals surface area contributed by atoms with Crippen LogP contribution in [0.2, 0.25) is 0 Å². The van der Waals surface area contributed by atoms with E-state index in [0.29, 0.717) is 43.2 Å². The Morgan fingerprint density at radius 1 is 1.29 bits per heavy atom. The lowest BCUT2D eigenvalue weighted by molar-refractivity contribution is 0.0605. The van der Waals surface area contributed by atoms with Crippen molar-refractivity contribution < 1.29 is 14.3 Å². The van der Waals surface area contributed by atoms with Crippen LogP contribution < -0.4 is 10.3 Å². The summed E-state index contributed by atoms with van der Waals surface area (Å²) in [6.07, 6.45) is 0. The van der Waals surface area contributed by atoms with Crippen LogP contribution in [0, 0.1) is 6.92 Å². The van der Waals surface area contributed by atoms with Gasteiger partial charge in [0, 0.05) is 12.6 Å². The van der Waals surface area contributed by atoms with Gasteiger partial charge in [-0.25, -0.2) is 9.78 Å². The molecule has 11 heteroatoms. The largest absolute Gasteiger partial charge is 0.497 e. The summed E-state index contributed by atoms with van der Waals surface area (Å²) >= 11 is 2.56. The van der Waals surface area contributed by atoms with Gasteiger partial charge in [0.15, 0.2) is 11.0 Å². The molecule has 0 aliphatic rings. The molecule has 0 saturated carbocycles. The maximum Gasteiger partial charge on any atom is 0.348 e. The van der Waals surface area contributed by atoms with E-state index in [-0.39, 0.29) is 5.56 Å². The van der Waals surface area contributed by atoms with Gasteiger partial charge in [-0.05, 0) is 24.6 Å². The zero-order valence-electron chi connectivity index (χ0n) is 17.3. The van der Waals surface area contributed by atoms with Crippen molar-refractivity contribution in [3.63, 3.8) is 0 Å². The highest BCUT2D eigenvalue weighted by molar-refractivity contribution is 7.98. The van der Waals surface area contributed by atoms with Gasteiger partial charge >= 0.3 is 5.97 Å². The number of carbonyl (C=O) groups is 1. The Kier molecular flexibility index (Phi) is 5.79. The summed E-state index contributed by atoms with van der Waals surface area (Å²) in [7, 11) is 4.80. The van der Waals surface area contributed by atoms with Crippen molar-refractivity contribution >= 4 is 39.3 Å². The smallest absolute Gasteiger partial charge is 0.348 e. The first-order chi connectivity index (χ1) is 14.9. The van der Waals surface area contributed by atoms with Crippen molar-refractivity contribution in [2.24, 2.45) is 7.05 Å². The van der Waals surface area contributed by atoms with Crippen molar-refractivity contribution in [1.82, 2.24) is 24.7 Å². The number of methoxy groups -OCH3 is 2. The molecule has 0 radical (unpaired) electrons. The first-order valence-corrected chi connectivity index (χ1v) is 11.0. The number of esters is 1. The molecule has 0 spiro atoms. The second-order valence-electron chi connectivity index (χ2n) is 6.63. The fraction of sp³-hybridized carbons (Fsp3) is 0.250. The summed E-state index contributed by atoms with van der Waals surface area (Å²) in [5.74, 6) is 1.85. The fourth-order valence-corrected chi connectivity index (χ4v) is 5.03. The van der Waals surface area contributed by atoms with Gasteiger partial charge in [0.25, 0.3) is 5.56 Å². The number of H-pyrrole nitrogens is 1. The number of benzene rings is 1. The molecule has 0 fully saturated rings. The van der Waals surface area contributed by atoms with Gasteiger partial charge < -0.3 is 19.0 Å². The number of thiophene rings is 1. The lowest BCUT2D eigenvalue weighted by Crippen LogP contribution is -2.11. The normalized spacial score (nSPS) is 11.1. The number of rotatable bonds is 6. The summed E-state index contributed by atoms with van der Waals surface area (Å²) < 4.78 is 11.9. The van der Waals surface area contributed by atoms with E-state index in [4.69, 9.17) is 9.47 Å². The number of fused-ring (bicyclic) bond motifs is 1. The van der Waals surface area contributed by atoms with Crippen molar-refractivity contribution in [2.75, 3.05) is 14.2 Å². The first-order valence-electron chi connectivity index (χ1n) is 9.20. The highest BCUT2D eigenvalue weighted by atomic mass is 32.2. The SMILES string of the molecule is COC(=O)c1sc2nc(CSc3nnc(-c4cccc(OC)c4)n3C)[nH]c(=O)c2c1C. The third-order valence-electron chi connectivity index (χ3n) is 4.72. The summed E-state index contributed by atoms with van der Waals surface area (Å²) in [5.41, 5.74) is 1.19. The van der Waals surface area contributed by atoms with Crippen LogP contribution in [0.4, 0.5) is 0 Å². The zero-order chi connectivity index (χ0) is 22.1. The van der Waals surface area contributed by atoms with E-state index in [9.17, 15) is 9.59 Å². The van der Waals surface area contributed by atoms with Crippen LogP contribution in [0.15, 0.2) is 34.2 Å². The van der Waals surface area contributed by atoms with Gasteiger partial charge in [-0.3, -0.25) is 4.79 Å². The first kappa shape index (κ1) is 21.1. The summed E-state index contributed by atoms with van der Waals surface area (Å²) in [4.78, 5) is 32.7. The maximum absolute atomic E-state index is 12.6. The third kappa shape index (κ3) is 3.93. The molecule has 1 aromatic carbocycles. The average Bonchev–Trinajstić information content (AvgIpc) is 3.31. The van der Waals surface area contributed by atoms with E-state index < -0.39 is 5.97 Å². The van der Waals surface area contributed by atoms with E-state index >= 15 is 0 Å². The molecule has 0 saturated heterocycles. The highest BCUT2D eigenvalue weighted by Crippen LogP contribution is 2.29. The molecule has 0 unspecified atom stereocenters. The Bertz CT molecular complexity index is 1340. The topological polar surface area (TPSA) is 112 Å². The van der Waals surface area contributed by atoms with E-state index in [1.165, 1.54) is 18.9 Å². The lowest BCUT2D eigenvalue weighted by atomic mass is 10.2. The van der Waals surface area contributed by atoms with E-state index in [0.717, 1.165) is 22.6 Å². The number of aromatic amines is 1. The Morgan fingerprint density at radius 2 is 2.10 bits per heavy atom. The van der Waals surface area contributed by atoms with Crippen LogP contribution in [0.5, 0.6) is 5.75 Å². The molecule has 0 atom stereocenters. The number of aromatic nitrogens is 5. The van der Waals surface area contributed by atoms with Crippen molar-refractivity contribution in [3.05, 3.63) is 50.9 Å². The van der Waals surface area contributed by atoms with Crippen LogP contribution in [-0.4, -0.2) is 44.9 Å². The minimum atomic E-state index is -0.472. The number of hydrogen-bond acceptors (Lipinski definition) is 9. The molecular formula is C20H19N5O4S2. The van der Waals surface area contributed by atoms with Gasteiger partial charge in [-0.15, -0.1) is 21.5 Å². The Labute approximate surface area is 185 Å². The van der Waals surface area contributed by atoms with E-state index in [2.05, 4.69) is 20.2 Å². The third-order valence-corrected chi connectivity index (χ3v) is 6.92. The number of nitrogens with one attached hydrogen (secondary N) is 1. The zero-order valence-corrected chi connectivity index (χ0v) is 18.9. The summed E-state index contributed by atoms with van der Waals surface area (Å²) in [6.45, 7) is 1.72. The molecule has 0 aliphatic heterocycles. The molecule has 0 amide bonds. The molecule has 4 aromatic rings. The van der Waals surface area contributed by atoms with Gasteiger partial charge in [-0.1, -0.05) is 23.9 Å². The Balaban J connectivity index is 1.59. The van der Waals surface area contributed by atoms with Gasteiger partial charge in [-0.2, -0.15) is 0 Å². The molecule has 3 heterocycles. The molecule has 4 rings (SSSR count). The number of ether oxygens (including phenoxy) is 2. The van der Waals surface area contributed by atoms with Crippen LogP contribution in [0.25, 0.3) is 21.6 Å². The maximum atomic E-state index is 12.6. The van der Waals surface area contributed by atoms with Crippen molar-refractivity contribution in [1.29, 1.82) is 0 Å². The number of hydrogen-bond donors (Lipinski definition) is 1. The van der Waals surface area contributed by atoms with Crippen LogP contribution >= 0.6 is 23.1 Å². The molecule has 31 heavy (non-hydrogen) atoms. The molecular weight excluding hydrogens is 438 g/mol. The lowest BCUT2D eigenvalue weighted by Gasteiger charge is -2.05. The quantitative estimate of drug-likeness (QED) is 0.347. The van der Waals surface area contributed by atoms with Crippen LogP contribution in [0.1, 0.15) is 21.1 Å². The van der Waals surface area contributed by atoms with Crippen molar-refractivity contribution in [3.8, 4) is 17.1 Å². The molecule has 160 valence electrons. The number of thioether (sulfide) groups is 1. The Morgan fingerprint density at radius 3 is 2.84 bits per heavy atom. The molecule has 0 bridgehead atoms. The van der Waals surface area contributed by atoms with E-state index in [1.807, 2.05) is 35.9 Å². The predicted octanol–water partition coefficient (Wildman–Crippen LogP) is 3.18.